The summed E-state index contributed by atoms with van der Waals surface area (Å²) in [5.74, 6) is -0.217. The fourth-order valence-corrected chi connectivity index (χ4v) is 2.06. The van der Waals surface area contributed by atoms with Gasteiger partial charge in [-0.1, -0.05) is 18.2 Å². The second kappa shape index (κ2) is 5.26. The first-order valence-electron chi connectivity index (χ1n) is 5.96. The summed E-state index contributed by atoms with van der Waals surface area (Å²) in [5.41, 5.74) is 1.08. The third-order valence-electron chi connectivity index (χ3n) is 3.02. The number of rotatable bonds is 3. The van der Waals surface area contributed by atoms with Crippen LogP contribution in [-0.4, -0.2) is 24.4 Å². The Morgan fingerprint density at radius 3 is 2.89 bits per heavy atom. The number of amides is 1. The highest BCUT2D eigenvalue weighted by atomic mass is 35.5. The minimum atomic E-state index is -0.566. The molecule has 1 saturated heterocycles. The molecule has 2 atom stereocenters. The molecule has 0 spiro atoms. The van der Waals surface area contributed by atoms with E-state index in [4.69, 9.17) is 16.3 Å². The van der Waals surface area contributed by atoms with Gasteiger partial charge < -0.3 is 10.1 Å². The maximum atomic E-state index is 11.7. The molecule has 0 bridgehead atoms. The van der Waals surface area contributed by atoms with Crippen molar-refractivity contribution in [2.75, 3.05) is 18.5 Å². The number of anilines is 1. The fraction of sp³-hybridized carbons (Fsp3) is 0.462. The third kappa shape index (κ3) is 2.66. The van der Waals surface area contributed by atoms with Gasteiger partial charge in [0.05, 0.1) is 6.61 Å². The maximum absolute atomic E-state index is 11.7. The lowest BCUT2D eigenvalue weighted by Gasteiger charge is -2.26. The molecule has 18 heavy (non-hydrogen) atoms. The minimum absolute atomic E-state index is 0.217. The highest BCUT2D eigenvalue weighted by molar-refractivity contribution is 6.32. The van der Waals surface area contributed by atoms with E-state index < -0.39 is 11.1 Å². The van der Waals surface area contributed by atoms with Crippen molar-refractivity contribution >= 4 is 23.2 Å². The van der Waals surface area contributed by atoms with E-state index in [0.29, 0.717) is 6.61 Å². The second-order valence-corrected chi connectivity index (χ2v) is 5.11. The molecule has 1 amide bonds. The van der Waals surface area contributed by atoms with Crippen LogP contribution in [0, 0.1) is 0 Å². The van der Waals surface area contributed by atoms with Crippen LogP contribution in [0.25, 0.3) is 0 Å². The summed E-state index contributed by atoms with van der Waals surface area (Å²) in [5, 5.41) is 5.54. The molecule has 5 heteroatoms. The van der Waals surface area contributed by atoms with E-state index in [0.717, 1.165) is 17.8 Å². The van der Waals surface area contributed by atoms with E-state index in [2.05, 4.69) is 10.6 Å². The van der Waals surface area contributed by atoms with Crippen molar-refractivity contribution in [1.82, 2.24) is 5.32 Å². The molecule has 0 saturated carbocycles. The zero-order valence-corrected chi connectivity index (χ0v) is 11.3. The molecule has 2 rings (SSSR count). The molecule has 98 valence electrons. The van der Waals surface area contributed by atoms with E-state index in [-0.39, 0.29) is 5.91 Å². The minimum Gasteiger partial charge on any atom is -0.355 e. The summed E-state index contributed by atoms with van der Waals surface area (Å²) in [6, 6.07) is 7.58. The van der Waals surface area contributed by atoms with Crippen molar-refractivity contribution in [1.29, 1.82) is 0 Å². The molecule has 1 aromatic carbocycles. The Morgan fingerprint density at radius 2 is 2.28 bits per heavy atom. The van der Waals surface area contributed by atoms with Gasteiger partial charge in [-0.15, -0.1) is 11.6 Å². The molecule has 1 aliphatic heterocycles. The molecule has 1 heterocycles. The molecule has 1 fully saturated rings. The van der Waals surface area contributed by atoms with Crippen LogP contribution in [0.15, 0.2) is 24.3 Å². The topological polar surface area (TPSA) is 50.4 Å². The first kappa shape index (κ1) is 13.3. The number of carbonyl (C=O) groups excluding carboxylic acids is 1. The average molecular weight is 269 g/mol. The van der Waals surface area contributed by atoms with Crippen molar-refractivity contribution in [3.63, 3.8) is 0 Å². The van der Waals surface area contributed by atoms with Crippen LogP contribution < -0.4 is 10.6 Å². The quantitative estimate of drug-likeness (QED) is 0.825. The lowest BCUT2D eigenvalue weighted by Crippen LogP contribution is -2.36. The van der Waals surface area contributed by atoms with Gasteiger partial charge in [-0.05, 0) is 19.9 Å². The van der Waals surface area contributed by atoms with Gasteiger partial charge in [-0.2, -0.15) is 0 Å². The van der Waals surface area contributed by atoms with Crippen molar-refractivity contribution in [2.24, 2.45) is 0 Å². The smallest absolute Gasteiger partial charge is 0.242 e. The van der Waals surface area contributed by atoms with Gasteiger partial charge in [0.15, 0.2) is 0 Å². The molecular formula is C13H17ClN2O2. The van der Waals surface area contributed by atoms with Gasteiger partial charge in [0.2, 0.25) is 5.91 Å². The molecule has 0 radical (unpaired) electrons. The molecule has 4 nitrogen and oxygen atoms in total. The van der Waals surface area contributed by atoms with Gasteiger partial charge in [0.1, 0.15) is 11.1 Å². The standard InChI is InChI=1S/C13H17ClN2O2/c1-9(14)12(17)16-11-6-4-3-5-10(11)13(2)15-7-8-18-13/h3-6,9,15H,7-8H2,1-2H3,(H,16,17). The number of benzene rings is 1. The van der Waals surface area contributed by atoms with Gasteiger partial charge in [-0.25, -0.2) is 0 Å². The summed E-state index contributed by atoms with van der Waals surface area (Å²) in [4.78, 5) is 11.7. The van der Waals surface area contributed by atoms with E-state index >= 15 is 0 Å². The highest BCUT2D eigenvalue weighted by Gasteiger charge is 2.33. The van der Waals surface area contributed by atoms with Crippen molar-refractivity contribution in [3.8, 4) is 0 Å². The van der Waals surface area contributed by atoms with E-state index in [9.17, 15) is 4.79 Å². The number of nitrogens with one attached hydrogen (secondary N) is 2. The average Bonchev–Trinajstić information content (AvgIpc) is 2.77. The Bertz CT molecular complexity index is 442. The molecular weight excluding hydrogens is 252 g/mol. The largest absolute Gasteiger partial charge is 0.355 e. The number of hydrogen-bond donors (Lipinski definition) is 2. The number of para-hydroxylation sites is 1. The lowest BCUT2D eigenvalue weighted by atomic mass is 10.0. The molecule has 1 aliphatic rings. The molecule has 0 aliphatic carbocycles. The maximum Gasteiger partial charge on any atom is 0.242 e. The predicted molar refractivity (Wildman–Crippen MR) is 71.7 cm³/mol. The van der Waals surface area contributed by atoms with Crippen LogP contribution >= 0.6 is 11.6 Å². The van der Waals surface area contributed by atoms with Crippen LogP contribution in [0.2, 0.25) is 0 Å². The Morgan fingerprint density at radius 1 is 1.56 bits per heavy atom. The third-order valence-corrected chi connectivity index (χ3v) is 3.21. The summed E-state index contributed by atoms with van der Waals surface area (Å²) in [6.07, 6.45) is 0. The Labute approximate surface area is 112 Å². The van der Waals surface area contributed by atoms with Crippen molar-refractivity contribution in [3.05, 3.63) is 29.8 Å². The van der Waals surface area contributed by atoms with Gasteiger partial charge >= 0.3 is 0 Å². The van der Waals surface area contributed by atoms with Crippen LogP contribution in [0.4, 0.5) is 5.69 Å². The predicted octanol–water partition coefficient (Wildman–Crippen LogP) is 2.04. The number of hydrogen-bond acceptors (Lipinski definition) is 3. The molecule has 2 unspecified atom stereocenters. The number of carbonyl (C=O) groups is 1. The van der Waals surface area contributed by atoms with E-state index in [1.165, 1.54) is 0 Å². The molecule has 0 aromatic heterocycles. The monoisotopic (exact) mass is 268 g/mol. The lowest BCUT2D eigenvalue weighted by molar-refractivity contribution is -0.115. The summed E-state index contributed by atoms with van der Waals surface area (Å²) < 4.78 is 5.71. The summed E-state index contributed by atoms with van der Waals surface area (Å²) in [6.45, 7) is 5.05. The zero-order valence-electron chi connectivity index (χ0n) is 10.5. The molecule has 1 aromatic rings. The Hall–Kier alpha value is -1.10. The second-order valence-electron chi connectivity index (χ2n) is 4.46. The molecule has 2 N–H and O–H groups in total. The summed E-state index contributed by atoms with van der Waals surface area (Å²) in [7, 11) is 0. The number of alkyl halides is 1. The van der Waals surface area contributed by atoms with Crippen LogP contribution in [0.3, 0.4) is 0 Å². The van der Waals surface area contributed by atoms with Crippen molar-refractivity contribution < 1.29 is 9.53 Å². The van der Waals surface area contributed by atoms with Crippen molar-refractivity contribution in [2.45, 2.75) is 24.9 Å². The van der Waals surface area contributed by atoms with Crippen LogP contribution in [0.1, 0.15) is 19.4 Å². The zero-order chi connectivity index (χ0) is 13.2. The normalized spacial score (nSPS) is 24.8. The fourth-order valence-electron chi connectivity index (χ4n) is 2.01. The van der Waals surface area contributed by atoms with Crippen LogP contribution in [0.5, 0.6) is 0 Å². The first-order valence-corrected chi connectivity index (χ1v) is 6.40. The van der Waals surface area contributed by atoms with E-state index in [1.807, 2.05) is 31.2 Å². The van der Waals surface area contributed by atoms with Gasteiger partial charge in [-0.3, -0.25) is 10.1 Å². The number of ether oxygens (including phenoxy) is 1. The van der Waals surface area contributed by atoms with Crippen LogP contribution in [-0.2, 0) is 15.3 Å². The SMILES string of the molecule is CC(Cl)C(=O)Nc1ccccc1C1(C)NCCO1. The number of halogens is 1. The van der Waals surface area contributed by atoms with E-state index in [1.54, 1.807) is 6.92 Å². The van der Waals surface area contributed by atoms with Gasteiger partial charge in [0, 0.05) is 17.8 Å². The first-order chi connectivity index (χ1) is 8.53. The summed E-state index contributed by atoms with van der Waals surface area (Å²) >= 11 is 5.77. The van der Waals surface area contributed by atoms with Gasteiger partial charge in [0.25, 0.3) is 0 Å². The Balaban J connectivity index is 2.28. The Kier molecular flexibility index (Phi) is 3.90. The highest BCUT2D eigenvalue weighted by Crippen LogP contribution is 2.31.